The smallest absolute Gasteiger partial charge is 0.262 e. The van der Waals surface area contributed by atoms with E-state index >= 15 is 0 Å². The van der Waals surface area contributed by atoms with Gasteiger partial charge < -0.3 is 10.2 Å². The van der Waals surface area contributed by atoms with Gasteiger partial charge in [0, 0.05) is 12.7 Å². The van der Waals surface area contributed by atoms with Gasteiger partial charge in [-0.05, 0) is 44.0 Å². The molecule has 1 aliphatic heterocycles. The van der Waals surface area contributed by atoms with E-state index in [2.05, 4.69) is 5.32 Å². The third-order valence-electron chi connectivity index (χ3n) is 5.07. The van der Waals surface area contributed by atoms with Gasteiger partial charge >= 0.3 is 0 Å². The number of anilines is 1. The summed E-state index contributed by atoms with van der Waals surface area (Å²) in [6.07, 6.45) is 0. The maximum Gasteiger partial charge on any atom is 0.262 e. The number of para-hydroxylation sites is 1. The Bertz CT molecular complexity index is 960. The quantitative estimate of drug-likeness (QED) is 0.791. The van der Waals surface area contributed by atoms with Crippen molar-refractivity contribution in [3.8, 4) is 0 Å². The fraction of sp³-hybridized carbons (Fsp3) is 0.273. The number of carbonyl (C=O) groups is 4. The van der Waals surface area contributed by atoms with Crippen LogP contribution in [0, 0.1) is 13.8 Å². The number of rotatable bonds is 5. The van der Waals surface area contributed by atoms with Crippen molar-refractivity contribution in [2.45, 2.75) is 26.8 Å². The highest BCUT2D eigenvalue weighted by atomic mass is 16.2. The van der Waals surface area contributed by atoms with E-state index in [1.165, 1.54) is 18.9 Å². The summed E-state index contributed by atoms with van der Waals surface area (Å²) in [4.78, 5) is 52.5. The van der Waals surface area contributed by atoms with Crippen molar-refractivity contribution in [3.05, 3.63) is 64.7 Å². The molecule has 0 bridgehead atoms. The van der Waals surface area contributed by atoms with Gasteiger partial charge in [0.1, 0.15) is 6.04 Å². The number of hydrogen-bond acceptors (Lipinski definition) is 4. The zero-order chi connectivity index (χ0) is 21.3. The number of aryl methyl sites for hydroxylation is 2. The Balaban J connectivity index is 1.68. The molecule has 7 nitrogen and oxygen atoms in total. The molecular formula is C22H23N3O4. The number of likely N-dealkylation sites (N-methyl/N-ethyl adjacent to an activating group) is 1. The summed E-state index contributed by atoms with van der Waals surface area (Å²) in [5, 5.41) is 2.82. The van der Waals surface area contributed by atoms with Crippen LogP contribution in [-0.2, 0) is 9.59 Å². The highest BCUT2D eigenvalue weighted by Crippen LogP contribution is 2.25. The zero-order valence-corrected chi connectivity index (χ0v) is 16.9. The van der Waals surface area contributed by atoms with Gasteiger partial charge in [0.2, 0.25) is 11.8 Å². The Hall–Kier alpha value is -3.48. The molecule has 0 fully saturated rings. The summed E-state index contributed by atoms with van der Waals surface area (Å²) in [5.74, 6) is -1.84. The molecule has 0 unspecified atom stereocenters. The summed E-state index contributed by atoms with van der Waals surface area (Å²) >= 11 is 0. The van der Waals surface area contributed by atoms with Crippen LogP contribution in [0.25, 0.3) is 0 Å². The first-order chi connectivity index (χ1) is 13.7. The van der Waals surface area contributed by atoms with E-state index in [0.29, 0.717) is 5.69 Å². The maximum absolute atomic E-state index is 12.8. The van der Waals surface area contributed by atoms with Crippen molar-refractivity contribution in [2.24, 2.45) is 0 Å². The van der Waals surface area contributed by atoms with Crippen LogP contribution >= 0.6 is 0 Å². The van der Waals surface area contributed by atoms with E-state index in [4.69, 9.17) is 0 Å². The van der Waals surface area contributed by atoms with Crippen LogP contribution < -0.4 is 5.32 Å². The van der Waals surface area contributed by atoms with Crippen LogP contribution in [-0.4, -0.2) is 53.1 Å². The van der Waals surface area contributed by atoms with Crippen LogP contribution in [0.1, 0.15) is 38.8 Å². The molecule has 0 aromatic heterocycles. The molecule has 3 rings (SSSR count). The monoisotopic (exact) mass is 393 g/mol. The predicted octanol–water partition coefficient (Wildman–Crippen LogP) is 2.39. The highest BCUT2D eigenvalue weighted by molar-refractivity contribution is 6.22. The van der Waals surface area contributed by atoms with Gasteiger partial charge in [-0.25, -0.2) is 0 Å². The topological polar surface area (TPSA) is 86.8 Å². The van der Waals surface area contributed by atoms with Crippen LogP contribution in [0.3, 0.4) is 0 Å². The van der Waals surface area contributed by atoms with Crippen LogP contribution in [0.15, 0.2) is 42.5 Å². The van der Waals surface area contributed by atoms with E-state index in [0.717, 1.165) is 16.0 Å². The lowest BCUT2D eigenvalue weighted by molar-refractivity contribution is -0.136. The van der Waals surface area contributed by atoms with E-state index < -0.39 is 23.8 Å². The second-order valence-corrected chi connectivity index (χ2v) is 7.21. The second-order valence-electron chi connectivity index (χ2n) is 7.21. The molecule has 150 valence electrons. The van der Waals surface area contributed by atoms with Gasteiger partial charge in [0.05, 0.1) is 17.7 Å². The SMILES string of the molecule is Cc1cccc(C)c1NC(=O)CN(C)C(=O)[C@H](C)N1C(=O)c2ccccc2C1=O. The lowest BCUT2D eigenvalue weighted by atomic mass is 10.1. The van der Waals surface area contributed by atoms with Crippen LogP contribution in [0.5, 0.6) is 0 Å². The Kier molecular flexibility index (Phi) is 5.50. The van der Waals surface area contributed by atoms with Gasteiger partial charge in [-0.2, -0.15) is 0 Å². The molecule has 7 heteroatoms. The molecule has 1 heterocycles. The lowest BCUT2D eigenvalue weighted by Gasteiger charge is -2.26. The Morgan fingerprint density at radius 3 is 2.00 bits per heavy atom. The highest BCUT2D eigenvalue weighted by Gasteiger charge is 2.41. The average Bonchev–Trinajstić information content (AvgIpc) is 2.94. The molecule has 0 spiro atoms. The van der Waals surface area contributed by atoms with E-state index in [9.17, 15) is 19.2 Å². The van der Waals surface area contributed by atoms with E-state index in [1.807, 2.05) is 32.0 Å². The number of imide groups is 1. The molecule has 2 aromatic carbocycles. The van der Waals surface area contributed by atoms with Crippen molar-refractivity contribution in [2.75, 3.05) is 18.9 Å². The van der Waals surface area contributed by atoms with Crippen molar-refractivity contribution >= 4 is 29.3 Å². The average molecular weight is 393 g/mol. The number of carbonyl (C=O) groups excluding carboxylic acids is 4. The van der Waals surface area contributed by atoms with Gasteiger partial charge in [0.25, 0.3) is 11.8 Å². The van der Waals surface area contributed by atoms with E-state index in [-0.39, 0.29) is 23.6 Å². The predicted molar refractivity (Wildman–Crippen MR) is 109 cm³/mol. The standard InChI is InChI=1S/C22H23N3O4/c1-13-8-7-9-14(2)19(13)23-18(26)12-24(4)20(27)15(3)25-21(28)16-10-5-6-11-17(16)22(25)29/h5-11,15H,12H2,1-4H3,(H,23,26)/t15-/m0/s1. The van der Waals surface area contributed by atoms with Crippen molar-refractivity contribution in [1.82, 2.24) is 9.80 Å². The first-order valence-electron chi connectivity index (χ1n) is 9.30. The van der Waals surface area contributed by atoms with Gasteiger partial charge in [-0.15, -0.1) is 0 Å². The Morgan fingerprint density at radius 2 is 1.48 bits per heavy atom. The van der Waals surface area contributed by atoms with Crippen molar-refractivity contribution < 1.29 is 19.2 Å². The normalized spacial score (nSPS) is 13.9. The van der Waals surface area contributed by atoms with Gasteiger partial charge in [0.15, 0.2) is 0 Å². The first-order valence-corrected chi connectivity index (χ1v) is 9.30. The van der Waals surface area contributed by atoms with Gasteiger partial charge in [-0.3, -0.25) is 24.1 Å². The summed E-state index contributed by atoms with van der Waals surface area (Å²) in [5.41, 5.74) is 3.13. The minimum absolute atomic E-state index is 0.194. The zero-order valence-electron chi connectivity index (χ0n) is 16.9. The molecule has 1 aliphatic rings. The molecule has 1 N–H and O–H groups in total. The number of nitrogens with zero attached hydrogens (tertiary/aromatic N) is 2. The number of benzene rings is 2. The second kappa shape index (κ2) is 7.87. The molecule has 4 amide bonds. The number of hydrogen-bond donors (Lipinski definition) is 1. The van der Waals surface area contributed by atoms with Crippen molar-refractivity contribution in [3.63, 3.8) is 0 Å². The Morgan fingerprint density at radius 1 is 0.966 bits per heavy atom. The molecule has 29 heavy (non-hydrogen) atoms. The first kappa shape index (κ1) is 20.3. The van der Waals surface area contributed by atoms with Crippen molar-refractivity contribution in [1.29, 1.82) is 0 Å². The summed E-state index contributed by atoms with van der Waals surface area (Å²) in [6.45, 7) is 5.08. The van der Waals surface area contributed by atoms with Gasteiger partial charge in [-0.1, -0.05) is 30.3 Å². The molecule has 0 aliphatic carbocycles. The minimum atomic E-state index is -1.01. The molecule has 1 atom stereocenters. The molecule has 0 saturated carbocycles. The van der Waals surface area contributed by atoms with Crippen LogP contribution in [0.2, 0.25) is 0 Å². The minimum Gasteiger partial charge on any atom is -0.335 e. The lowest BCUT2D eigenvalue weighted by Crippen LogP contribution is -2.49. The molecule has 0 radical (unpaired) electrons. The third kappa shape index (κ3) is 3.76. The Labute approximate surface area is 169 Å². The fourth-order valence-corrected chi connectivity index (χ4v) is 3.47. The summed E-state index contributed by atoms with van der Waals surface area (Å²) in [7, 11) is 1.47. The molecular weight excluding hydrogens is 370 g/mol. The number of fused-ring (bicyclic) bond motifs is 1. The van der Waals surface area contributed by atoms with E-state index in [1.54, 1.807) is 24.3 Å². The maximum atomic E-state index is 12.8. The number of nitrogens with one attached hydrogen (secondary N) is 1. The number of amides is 4. The summed E-state index contributed by atoms with van der Waals surface area (Å²) in [6, 6.07) is 11.1. The third-order valence-corrected chi connectivity index (χ3v) is 5.07. The largest absolute Gasteiger partial charge is 0.335 e. The molecule has 0 saturated heterocycles. The fourth-order valence-electron chi connectivity index (χ4n) is 3.47. The van der Waals surface area contributed by atoms with Crippen LogP contribution in [0.4, 0.5) is 5.69 Å². The summed E-state index contributed by atoms with van der Waals surface area (Å²) < 4.78 is 0. The molecule has 2 aromatic rings.